The van der Waals surface area contributed by atoms with E-state index in [1.807, 2.05) is 0 Å². The van der Waals surface area contributed by atoms with Crippen LogP contribution in [0.1, 0.15) is 32.1 Å². The Kier molecular flexibility index (Phi) is 29.7. The molecule has 2 aliphatic rings. The Bertz CT molecular complexity index is 997. The summed E-state index contributed by atoms with van der Waals surface area (Å²) in [6, 6.07) is 0. The lowest BCUT2D eigenvalue weighted by atomic mass is 10.2. The summed E-state index contributed by atoms with van der Waals surface area (Å²) >= 11 is 0. The highest BCUT2D eigenvalue weighted by Gasteiger charge is 2.20. The van der Waals surface area contributed by atoms with Gasteiger partial charge in [0.1, 0.15) is 26.4 Å². The van der Waals surface area contributed by atoms with Gasteiger partial charge in [-0.15, -0.1) is 0 Å². The van der Waals surface area contributed by atoms with Gasteiger partial charge in [-0.05, 0) is 6.42 Å². The number of carbonyl (C=O) groups is 4. The van der Waals surface area contributed by atoms with Gasteiger partial charge >= 0.3 is 23.9 Å². The van der Waals surface area contributed by atoms with E-state index in [1.54, 1.807) is 14.2 Å². The normalized spacial score (nSPS) is 15.9. The Morgan fingerprint density at radius 3 is 0.891 bits per heavy atom. The number of carbonyl (C=O) groups excluding carboxylic acids is 4. The molecule has 320 valence electrons. The van der Waals surface area contributed by atoms with Gasteiger partial charge in [0.2, 0.25) is 0 Å². The number of piperazine rings is 2. The van der Waals surface area contributed by atoms with Crippen molar-refractivity contribution < 1.29 is 66.5 Å². The Labute approximate surface area is 327 Å². The number of methoxy groups -OCH3 is 2. The van der Waals surface area contributed by atoms with E-state index in [4.69, 9.17) is 47.4 Å². The second-order valence-corrected chi connectivity index (χ2v) is 13.0. The molecule has 18 nitrogen and oxygen atoms in total. The molecule has 0 saturated carbocycles. The summed E-state index contributed by atoms with van der Waals surface area (Å²) in [5.41, 5.74) is 0. The number of nitrogens with zero attached hydrogens (tertiary/aromatic N) is 4. The van der Waals surface area contributed by atoms with Gasteiger partial charge in [0.15, 0.2) is 0 Å². The van der Waals surface area contributed by atoms with Crippen LogP contribution in [0.4, 0.5) is 0 Å². The molecule has 2 saturated heterocycles. The fraction of sp³-hybridized carbons (Fsp3) is 0.892. The minimum absolute atomic E-state index is 0.191. The predicted molar refractivity (Wildman–Crippen MR) is 200 cm³/mol. The van der Waals surface area contributed by atoms with Gasteiger partial charge in [-0.25, -0.2) is 0 Å². The van der Waals surface area contributed by atoms with Gasteiger partial charge < -0.3 is 67.0 Å². The van der Waals surface area contributed by atoms with Crippen molar-refractivity contribution in [1.82, 2.24) is 19.6 Å². The topological polar surface area (TPSA) is 174 Å². The van der Waals surface area contributed by atoms with E-state index < -0.39 is 0 Å². The summed E-state index contributed by atoms with van der Waals surface area (Å²) in [6.45, 7) is 14.4. The molecule has 0 aromatic heterocycles. The molecule has 2 aliphatic heterocycles. The zero-order valence-electron chi connectivity index (χ0n) is 33.4. The van der Waals surface area contributed by atoms with Crippen molar-refractivity contribution in [2.75, 3.05) is 185 Å². The first-order valence-electron chi connectivity index (χ1n) is 19.7. The van der Waals surface area contributed by atoms with E-state index in [0.29, 0.717) is 118 Å². The lowest BCUT2D eigenvalue weighted by Gasteiger charge is -2.34. The molecule has 0 amide bonds. The van der Waals surface area contributed by atoms with Crippen LogP contribution in [0.5, 0.6) is 0 Å². The summed E-state index contributed by atoms with van der Waals surface area (Å²) < 4.78 is 52.5. The van der Waals surface area contributed by atoms with Crippen LogP contribution in [-0.4, -0.2) is 229 Å². The number of hydrogen-bond acceptors (Lipinski definition) is 18. The largest absolute Gasteiger partial charge is 0.463 e. The average molecular weight is 793 g/mol. The maximum absolute atomic E-state index is 12.1. The first kappa shape index (κ1) is 48.6. The zero-order chi connectivity index (χ0) is 39.6. The van der Waals surface area contributed by atoms with Gasteiger partial charge in [0.25, 0.3) is 0 Å². The van der Waals surface area contributed by atoms with Crippen LogP contribution in [-0.2, 0) is 66.5 Å². The van der Waals surface area contributed by atoms with Crippen molar-refractivity contribution in [1.29, 1.82) is 0 Å². The van der Waals surface area contributed by atoms with E-state index in [1.165, 1.54) is 0 Å². The van der Waals surface area contributed by atoms with Crippen molar-refractivity contribution in [2.45, 2.75) is 32.1 Å². The molecule has 0 bridgehead atoms. The Balaban J connectivity index is 1.29. The molecule has 0 N–H and O–H groups in total. The fourth-order valence-electron chi connectivity index (χ4n) is 5.59. The lowest BCUT2D eigenvalue weighted by Crippen LogP contribution is -2.47. The molecule has 0 unspecified atom stereocenters. The summed E-state index contributed by atoms with van der Waals surface area (Å²) in [5, 5.41) is 0. The van der Waals surface area contributed by atoms with Crippen LogP contribution in [0.15, 0.2) is 0 Å². The molecule has 2 heterocycles. The molecule has 2 rings (SSSR count). The lowest BCUT2D eigenvalue weighted by molar-refractivity contribution is -0.147. The molecular weight excluding hydrogens is 724 g/mol. The summed E-state index contributed by atoms with van der Waals surface area (Å²) in [7, 11) is 3.22. The number of rotatable bonds is 34. The minimum atomic E-state index is -0.253. The van der Waals surface area contributed by atoms with Gasteiger partial charge in [0, 0.05) is 106 Å². The third-order valence-corrected chi connectivity index (χ3v) is 8.86. The maximum atomic E-state index is 12.1. The van der Waals surface area contributed by atoms with Crippen molar-refractivity contribution in [3.63, 3.8) is 0 Å². The van der Waals surface area contributed by atoms with E-state index in [2.05, 4.69) is 19.6 Å². The smallest absolute Gasteiger partial charge is 0.307 e. The third-order valence-electron chi connectivity index (χ3n) is 8.86. The first-order chi connectivity index (χ1) is 26.9. The number of esters is 4. The van der Waals surface area contributed by atoms with Gasteiger partial charge in [-0.1, -0.05) is 0 Å². The quantitative estimate of drug-likeness (QED) is 0.0472. The molecular formula is C37H68N4O14. The molecule has 0 aromatic carbocycles. The van der Waals surface area contributed by atoms with Gasteiger partial charge in [0.05, 0.1) is 78.5 Å². The van der Waals surface area contributed by atoms with Gasteiger partial charge in [-0.2, -0.15) is 0 Å². The molecule has 2 fully saturated rings. The Hall–Kier alpha value is -2.52. The summed E-state index contributed by atoms with van der Waals surface area (Å²) in [5.74, 6) is -0.934. The monoisotopic (exact) mass is 792 g/mol. The van der Waals surface area contributed by atoms with Crippen molar-refractivity contribution in [2.24, 2.45) is 0 Å². The third kappa shape index (κ3) is 27.7. The number of hydrogen-bond donors (Lipinski definition) is 0. The van der Waals surface area contributed by atoms with E-state index in [0.717, 1.165) is 58.8 Å². The second-order valence-electron chi connectivity index (χ2n) is 13.0. The molecule has 18 heteroatoms. The minimum Gasteiger partial charge on any atom is -0.463 e. The first-order valence-corrected chi connectivity index (χ1v) is 19.7. The van der Waals surface area contributed by atoms with E-state index in [-0.39, 0.29) is 50.3 Å². The summed E-state index contributed by atoms with van der Waals surface area (Å²) in [6.07, 6.45) is 2.17. The number of ether oxygens (including phenoxy) is 10. The van der Waals surface area contributed by atoms with Crippen molar-refractivity contribution >= 4 is 23.9 Å². The highest BCUT2D eigenvalue weighted by atomic mass is 16.6. The average Bonchev–Trinajstić information content (AvgIpc) is 3.20. The van der Waals surface area contributed by atoms with Crippen LogP contribution in [0.3, 0.4) is 0 Å². The predicted octanol–water partition coefficient (Wildman–Crippen LogP) is -0.296. The van der Waals surface area contributed by atoms with Crippen LogP contribution in [0, 0.1) is 0 Å². The van der Waals surface area contributed by atoms with Crippen LogP contribution in [0.2, 0.25) is 0 Å². The standard InChI is InChI=1S/C37H68N4O14/c1-46-20-3-21-48-27-31-53-35(43)5-9-39-16-18-41(19-17-39)11-7-37(45)55-33-29-51-26-24-49-23-25-50-28-32-54-36(44)6-10-40-14-12-38(13-15-40)8-4-34(42)52-30-22-47-2/h3-33H2,1-2H3. The Morgan fingerprint density at radius 2 is 0.600 bits per heavy atom. The summed E-state index contributed by atoms with van der Waals surface area (Å²) in [4.78, 5) is 56.8. The highest BCUT2D eigenvalue weighted by molar-refractivity contribution is 5.70. The molecule has 0 aliphatic carbocycles. The zero-order valence-corrected chi connectivity index (χ0v) is 33.4. The van der Waals surface area contributed by atoms with Crippen LogP contribution in [0.25, 0.3) is 0 Å². The molecule has 0 spiro atoms. The van der Waals surface area contributed by atoms with E-state index in [9.17, 15) is 19.2 Å². The molecule has 0 radical (unpaired) electrons. The maximum Gasteiger partial charge on any atom is 0.307 e. The van der Waals surface area contributed by atoms with Gasteiger partial charge in [-0.3, -0.25) is 19.2 Å². The molecule has 0 atom stereocenters. The fourth-order valence-corrected chi connectivity index (χ4v) is 5.59. The van der Waals surface area contributed by atoms with Crippen molar-refractivity contribution in [3.8, 4) is 0 Å². The molecule has 0 aromatic rings. The van der Waals surface area contributed by atoms with Crippen LogP contribution >= 0.6 is 0 Å². The molecule has 55 heavy (non-hydrogen) atoms. The SMILES string of the molecule is COCCCOCCOC(=O)CCN1CCN(CCC(=O)OCCOCCOCCOCCOC(=O)CCN2CCN(CCC(=O)OCCOC)CC2)CC1. The Morgan fingerprint density at radius 1 is 0.345 bits per heavy atom. The van der Waals surface area contributed by atoms with Crippen LogP contribution < -0.4 is 0 Å². The second kappa shape index (κ2) is 33.6. The highest BCUT2D eigenvalue weighted by Crippen LogP contribution is 2.06. The van der Waals surface area contributed by atoms with Crippen molar-refractivity contribution in [3.05, 3.63) is 0 Å². The van der Waals surface area contributed by atoms with E-state index >= 15 is 0 Å².